The monoisotopic (exact) mass is 261 g/mol. The van der Waals surface area contributed by atoms with E-state index < -0.39 is 5.97 Å². The number of fused-ring (bicyclic) bond motifs is 1. The van der Waals surface area contributed by atoms with Gasteiger partial charge < -0.3 is 19.9 Å². The number of carbonyl (C=O) groups is 1. The Labute approximate surface area is 109 Å². The van der Waals surface area contributed by atoms with Crippen LogP contribution < -0.4 is 5.32 Å². The van der Waals surface area contributed by atoms with Crippen LogP contribution in [0.1, 0.15) is 35.1 Å². The fourth-order valence-corrected chi connectivity index (χ4v) is 2.61. The number of carboxylic acids is 1. The van der Waals surface area contributed by atoms with Crippen LogP contribution in [0, 0.1) is 0 Å². The Balaban J connectivity index is 2.16. The molecule has 0 aliphatic carbocycles. The Morgan fingerprint density at radius 2 is 2.37 bits per heavy atom. The predicted octanol–water partition coefficient (Wildman–Crippen LogP) is 1.21. The van der Waals surface area contributed by atoms with Crippen molar-refractivity contribution < 1.29 is 15.0 Å². The number of piperidine rings is 1. The van der Waals surface area contributed by atoms with E-state index in [-0.39, 0.29) is 17.4 Å². The highest BCUT2D eigenvalue weighted by atomic mass is 16.4. The number of nitrogens with zero attached hydrogens (tertiary/aromatic N) is 2. The van der Waals surface area contributed by atoms with Crippen LogP contribution in [0.25, 0.3) is 5.52 Å². The number of nitrogens with one attached hydrogen (secondary N) is 1. The third-order valence-corrected chi connectivity index (χ3v) is 3.52. The summed E-state index contributed by atoms with van der Waals surface area (Å²) in [6.07, 6.45) is 3.72. The second-order valence-corrected chi connectivity index (χ2v) is 4.81. The van der Waals surface area contributed by atoms with E-state index in [2.05, 4.69) is 10.3 Å². The first-order valence-electron chi connectivity index (χ1n) is 6.32. The van der Waals surface area contributed by atoms with Crippen molar-refractivity contribution in [3.63, 3.8) is 0 Å². The normalized spacial score (nSPS) is 19.7. The molecule has 1 saturated heterocycles. The molecule has 6 heteroatoms. The molecular weight excluding hydrogens is 246 g/mol. The molecule has 6 nitrogen and oxygen atoms in total. The first-order chi connectivity index (χ1) is 9.16. The molecule has 1 fully saturated rings. The van der Waals surface area contributed by atoms with Crippen LogP contribution in [0.15, 0.2) is 18.3 Å². The molecule has 2 aromatic heterocycles. The maximum atomic E-state index is 11.2. The average Bonchev–Trinajstić information content (AvgIpc) is 2.78. The van der Waals surface area contributed by atoms with E-state index in [1.54, 1.807) is 16.7 Å². The Bertz CT molecular complexity index is 629. The standard InChI is InChI=1S/C13H15N3O3/c17-9-3-5-16-10(6-9)11(13(18)19)15-12(16)8-2-1-4-14-7-8/h3,5-6,8,14,17H,1-2,4,7H2,(H,18,19). The minimum absolute atomic E-state index is 0.00327. The average molecular weight is 261 g/mol. The molecule has 1 aliphatic heterocycles. The highest BCUT2D eigenvalue weighted by Crippen LogP contribution is 2.26. The molecule has 19 heavy (non-hydrogen) atoms. The van der Waals surface area contributed by atoms with Crippen LogP contribution in [-0.4, -0.2) is 38.7 Å². The lowest BCUT2D eigenvalue weighted by Crippen LogP contribution is -2.29. The summed E-state index contributed by atoms with van der Waals surface area (Å²) in [6, 6.07) is 2.98. The van der Waals surface area contributed by atoms with E-state index in [1.807, 2.05) is 0 Å². The number of imidazole rings is 1. The lowest BCUT2D eigenvalue weighted by molar-refractivity contribution is 0.0693. The molecule has 1 atom stereocenters. The molecule has 0 spiro atoms. The van der Waals surface area contributed by atoms with E-state index in [0.717, 1.165) is 31.8 Å². The van der Waals surface area contributed by atoms with Crippen LogP contribution in [0.5, 0.6) is 5.75 Å². The van der Waals surface area contributed by atoms with Crippen molar-refractivity contribution in [3.05, 3.63) is 29.8 Å². The van der Waals surface area contributed by atoms with Crippen LogP contribution in [-0.2, 0) is 0 Å². The van der Waals surface area contributed by atoms with Gasteiger partial charge in [-0.1, -0.05) is 0 Å². The number of carboxylic acid groups (broad SMARTS) is 1. The molecule has 0 bridgehead atoms. The Morgan fingerprint density at radius 1 is 1.53 bits per heavy atom. The van der Waals surface area contributed by atoms with Gasteiger partial charge >= 0.3 is 5.97 Å². The number of rotatable bonds is 2. The summed E-state index contributed by atoms with van der Waals surface area (Å²) >= 11 is 0. The zero-order valence-electron chi connectivity index (χ0n) is 10.3. The van der Waals surface area contributed by atoms with Gasteiger partial charge in [-0.3, -0.25) is 0 Å². The molecule has 3 rings (SSSR count). The summed E-state index contributed by atoms with van der Waals surface area (Å²) in [6.45, 7) is 1.80. The van der Waals surface area contributed by atoms with Crippen molar-refractivity contribution in [2.24, 2.45) is 0 Å². The van der Waals surface area contributed by atoms with E-state index in [4.69, 9.17) is 0 Å². The topological polar surface area (TPSA) is 86.9 Å². The molecule has 0 aromatic carbocycles. The van der Waals surface area contributed by atoms with Gasteiger partial charge in [-0.25, -0.2) is 9.78 Å². The number of aromatic carboxylic acids is 1. The van der Waals surface area contributed by atoms with Crippen LogP contribution in [0.2, 0.25) is 0 Å². The molecule has 3 N–H and O–H groups in total. The molecule has 3 heterocycles. The van der Waals surface area contributed by atoms with E-state index in [1.165, 1.54) is 6.07 Å². The number of aromatic nitrogens is 2. The van der Waals surface area contributed by atoms with Crippen molar-refractivity contribution in [2.75, 3.05) is 13.1 Å². The van der Waals surface area contributed by atoms with Crippen molar-refractivity contribution in [2.45, 2.75) is 18.8 Å². The van der Waals surface area contributed by atoms with Gasteiger partial charge in [0.1, 0.15) is 11.6 Å². The van der Waals surface area contributed by atoms with Crippen LogP contribution in [0.4, 0.5) is 0 Å². The summed E-state index contributed by atoms with van der Waals surface area (Å²) in [4.78, 5) is 15.5. The lowest BCUT2D eigenvalue weighted by Gasteiger charge is -2.21. The van der Waals surface area contributed by atoms with Gasteiger partial charge in [-0.05, 0) is 25.5 Å². The summed E-state index contributed by atoms with van der Waals surface area (Å²) in [5.41, 5.74) is 0.435. The summed E-state index contributed by atoms with van der Waals surface area (Å²) in [7, 11) is 0. The number of hydrogen-bond acceptors (Lipinski definition) is 4. The summed E-state index contributed by atoms with van der Waals surface area (Å²) < 4.78 is 1.76. The number of pyridine rings is 1. The van der Waals surface area contributed by atoms with E-state index in [9.17, 15) is 15.0 Å². The third-order valence-electron chi connectivity index (χ3n) is 3.52. The Kier molecular flexibility index (Phi) is 2.87. The zero-order chi connectivity index (χ0) is 13.4. The molecular formula is C13H15N3O3. The Hall–Kier alpha value is -2.08. The summed E-state index contributed by atoms with van der Waals surface area (Å²) in [5.74, 6) is -0.0696. The van der Waals surface area contributed by atoms with Gasteiger partial charge in [0.2, 0.25) is 0 Å². The van der Waals surface area contributed by atoms with E-state index >= 15 is 0 Å². The van der Waals surface area contributed by atoms with Crippen LogP contribution >= 0.6 is 0 Å². The number of hydrogen-bond donors (Lipinski definition) is 3. The molecule has 2 aromatic rings. The van der Waals surface area contributed by atoms with Gasteiger partial charge in [0.15, 0.2) is 5.69 Å². The first-order valence-corrected chi connectivity index (χ1v) is 6.32. The second kappa shape index (κ2) is 4.55. The van der Waals surface area contributed by atoms with Gasteiger partial charge in [-0.2, -0.15) is 0 Å². The molecule has 100 valence electrons. The predicted molar refractivity (Wildman–Crippen MR) is 68.7 cm³/mol. The van der Waals surface area contributed by atoms with Gasteiger partial charge in [0.25, 0.3) is 0 Å². The quantitative estimate of drug-likeness (QED) is 0.756. The van der Waals surface area contributed by atoms with E-state index in [0.29, 0.717) is 5.52 Å². The zero-order valence-corrected chi connectivity index (χ0v) is 10.3. The maximum Gasteiger partial charge on any atom is 0.356 e. The second-order valence-electron chi connectivity index (χ2n) is 4.81. The maximum absolute atomic E-state index is 11.2. The largest absolute Gasteiger partial charge is 0.508 e. The molecule has 1 aliphatic rings. The molecule has 0 saturated carbocycles. The van der Waals surface area contributed by atoms with Crippen LogP contribution in [0.3, 0.4) is 0 Å². The fourth-order valence-electron chi connectivity index (χ4n) is 2.61. The molecule has 0 amide bonds. The highest BCUT2D eigenvalue weighted by Gasteiger charge is 2.24. The molecule has 1 unspecified atom stereocenters. The Morgan fingerprint density at radius 3 is 3.05 bits per heavy atom. The van der Waals surface area contributed by atoms with Gasteiger partial charge in [0, 0.05) is 24.7 Å². The summed E-state index contributed by atoms with van der Waals surface area (Å²) in [5, 5.41) is 22.0. The van der Waals surface area contributed by atoms with Crippen molar-refractivity contribution >= 4 is 11.5 Å². The fraction of sp³-hybridized carbons (Fsp3) is 0.385. The smallest absolute Gasteiger partial charge is 0.356 e. The third kappa shape index (κ3) is 2.04. The lowest BCUT2D eigenvalue weighted by atomic mass is 9.99. The SMILES string of the molecule is O=C(O)c1nc(C2CCCNC2)n2ccc(O)cc12. The minimum Gasteiger partial charge on any atom is -0.508 e. The first kappa shape index (κ1) is 12.0. The minimum atomic E-state index is -1.07. The van der Waals surface area contributed by atoms with Gasteiger partial charge in [-0.15, -0.1) is 0 Å². The molecule has 0 radical (unpaired) electrons. The number of aromatic hydroxyl groups is 1. The van der Waals surface area contributed by atoms with Crippen molar-refractivity contribution in [1.29, 1.82) is 0 Å². The highest BCUT2D eigenvalue weighted by molar-refractivity contribution is 5.94. The van der Waals surface area contributed by atoms with Crippen molar-refractivity contribution in [3.8, 4) is 5.75 Å². The van der Waals surface area contributed by atoms with Crippen molar-refractivity contribution in [1.82, 2.24) is 14.7 Å². The van der Waals surface area contributed by atoms with Gasteiger partial charge in [0.05, 0.1) is 5.52 Å².